The largest absolute Gasteiger partial charge is 0.468 e. The van der Waals surface area contributed by atoms with Gasteiger partial charge < -0.3 is 9.72 Å². The van der Waals surface area contributed by atoms with Gasteiger partial charge in [0.15, 0.2) is 0 Å². The molecule has 138 valence electrons. The highest BCUT2D eigenvalue weighted by Crippen LogP contribution is 2.52. The fourth-order valence-corrected chi connectivity index (χ4v) is 5.71. The first-order valence-corrected chi connectivity index (χ1v) is 9.32. The Bertz CT molecular complexity index is 903. The van der Waals surface area contributed by atoms with Gasteiger partial charge in [-0.05, 0) is 36.8 Å². The van der Waals surface area contributed by atoms with Crippen molar-refractivity contribution in [3.05, 3.63) is 47.2 Å². The Kier molecular flexibility index (Phi) is 4.16. The van der Waals surface area contributed by atoms with Crippen LogP contribution in [0.15, 0.2) is 35.9 Å². The molecule has 1 saturated heterocycles. The molecule has 4 nitrogen and oxygen atoms in total. The number of carbonyl (C=O) groups is 1. The van der Waals surface area contributed by atoms with Crippen LogP contribution in [0.2, 0.25) is 0 Å². The molecule has 4 bridgehead atoms. The average Bonchev–Trinajstić information content (AvgIpc) is 3.00. The monoisotopic (exact) mass is 372 g/mol. The maximum Gasteiger partial charge on any atom is 0.319 e. The van der Waals surface area contributed by atoms with Gasteiger partial charge in [-0.2, -0.15) is 0 Å². The number of piperidine rings is 1. The standard InChI is InChI=1S/C21H24N2O2.ClH/c1-3-14-10-13-11-21(20(24)25-2)18-16(8-9-23(12-13)19(14)21)15-6-4-5-7-17(15)22-18;/h4-7,10,13,19,22H,3,8-9,11-12H2,1-2H3;1H/t13?,19-,21?;/m1./s1. The zero-order valence-corrected chi connectivity index (χ0v) is 16.1. The number of carbonyl (C=O) groups excluding carboxylic acids is 1. The van der Waals surface area contributed by atoms with Crippen LogP contribution in [0.25, 0.3) is 10.9 Å². The van der Waals surface area contributed by atoms with Crippen molar-refractivity contribution in [3.8, 4) is 0 Å². The number of aromatic amines is 1. The van der Waals surface area contributed by atoms with Crippen molar-refractivity contribution >= 4 is 29.3 Å². The fraction of sp³-hybridized carbons (Fsp3) is 0.476. The summed E-state index contributed by atoms with van der Waals surface area (Å²) in [6.07, 6.45) is 5.25. The lowest BCUT2D eigenvalue weighted by molar-refractivity contribution is -0.153. The lowest BCUT2D eigenvalue weighted by Crippen LogP contribution is -2.63. The Labute approximate surface area is 160 Å². The molecule has 2 aromatic rings. The van der Waals surface area contributed by atoms with Crippen molar-refractivity contribution in [1.82, 2.24) is 9.88 Å². The lowest BCUT2D eigenvalue weighted by atomic mass is 9.60. The van der Waals surface area contributed by atoms with Crippen LogP contribution in [0, 0.1) is 5.92 Å². The minimum absolute atomic E-state index is 0. The molecule has 5 heteroatoms. The van der Waals surface area contributed by atoms with E-state index in [2.05, 4.69) is 47.1 Å². The molecule has 0 spiro atoms. The second-order valence-corrected chi connectivity index (χ2v) is 7.69. The molecule has 1 aromatic heterocycles. The number of nitrogens with one attached hydrogen (secondary N) is 1. The molecular formula is C21H25ClN2O2. The van der Waals surface area contributed by atoms with Crippen LogP contribution in [-0.2, 0) is 21.4 Å². The maximum atomic E-state index is 13.2. The summed E-state index contributed by atoms with van der Waals surface area (Å²) in [5.74, 6) is 0.345. The summed E-state index contributed by atoms with van der Waals surface area (Å²) >= 11 is 0. The van der Waals surface area contributed by atoms with E-state index in [1.807, 2.05) is 0 Å². The number of hydrogen-bond acceptors (Lipinski definition) is 3. The Morgan fingerprint density at radius 1 is 1.38 bits per heavy atom. The summed E-state index contributed by atoms with van der Waals surface area (Å²) in [4.78, 5) is 19.4. The zero-order chi connectivity index (χ0) is 17.2. The van der Waals surface area contributed by atoms with Gasteiger partial charge in [0.25, 0.3) is 0 Å². The molecule has 3 unspecified atom stereocenters. The quantitative estimate of drug-likeness (QED) is 0.647. The molecule has 1 aliphatic carbocycles. The number of H-pyrrole nitrogens is 1. The van der Waals surface area contributed by atoms with E-state index >= 15 is 0 Å². The van der Waals surface area contributed by atoms with Crippen molar-refractivity contribution in [2.45, 2.75) is 37.6 Å². The third kappa shape index (κ3) is 2.09. The smallest absolute Gasteiger partial charge is 0.319 e. The van der Waals surface area contributed by atoms with Crippen LogP contribution < -0.4 is 0 Å². The van der Waals surface area contributed by atoms with Crippen molar-refractivity contribution in [2.24, 2.45) is 5.92 Å². The van der Waals surface area contributed by atoms with Crippen molar-refractivity contribution in [1.29, 1.82) is 0 Å². The molecule has 4 heterocycles. The Morgan fingerprint density at radius 3 is 2.96 bits per heavy atom. The number of rotatable bonds is 2. The highest BCUT2D eigenvalue weighted by atomic mass is 35.5. The Hall–Kier alpha value is -1.78. The molecule has 4 atom stereocenters. The minimum atomic E-state index is -0.595. The average molecular weight is 373 g/mol. The molecule has 0 radical (unpaired) electrons. The number of fused-ring (bicyclic) bond motifs is 3. The number of methoxy groups -OCH3 is 1. The van der Waals surface area contributed by atoms with E-state index < -0.39 is 5.41 Å². The highest BCUT2D eigenvalue weighted by molar-refractivity contribution is 5.92. The van der Waals surface area contributed by atoms with Gasteiger partial charge in [0.1, 0.15) is 5.41 Å². The second kappa shape index (κ2) is 6.14. The predicted octanol–water partition coefficient (Wildman–Crippen LogP) is 3.60. The molecule has 3 aliphatic heterocycles. The van der Waals surface area contributed by atoms with E-state index in [4.69, 9.17) is 4.74 Å². The number of ether oxygens (including phenoxy) is 1. The predicted molar refractivity (Wildman–Crippen MR) is 105 cm³/mol. The van der Waals surface area contributed by atoms with Gasteiger partial charge in [-0.3, -0.25) is 9.69 Å². The SMILES string of the molecule is CCC1=CC2CN3CCc4c([nH]c5ccccc45)C(C(=O)OC)(C2)[C@@H]13.Cl. The van der Waals surface area contributed by atoms with Crippen LogP contribution in [-0.4, -0.2) is 42.1 Å². The molecule has 1 fully saturated rings. The first-order chi connectivity index (χ1) is 12.2. The molecule has 1 N–H and O–H groups in total. The van der Waals surface area contributed by atoms with E-state index in [9.17, 15) is 4.79 Å². The van der Waals surface area contributed by atoms with Gasteiger partial charge in [0.2, 0.25) is 0 Å². The fourth-order valence-electron chi connectivity index (χ4n) is 5.71. The van der Waals surface area contributed by atoms with Gasteiger partial charge in [0, 0.05) is 29.7 Å². The first kappa shape index (κ1) is 17.6. The maximum absolute atomic E-state index is 13.2. The molecular weight excluding hydrogens is 348 g/mol. The highest BCUT2D eigenvalue weighted by Gasteiger charge is 2.60. The van der Waals surface area contributed by atoms with Gasteiger partial charge in [-0.15, -0.1) is 12.4 Å². The molecule has 0 saturated carbocycles. The number of esters is 1. The van der Waals surface area contributed by atoms with Gasteiger partial charge >= 0.3 is 5.97 Å². The summed E-state index contributed by atoms with van der Waals surface area (Å²) in [6, 6.07) is 8.56. The molecule has 6 rings (SSSR count). The molecule has 26 heavy (non-hydrogen) atoms. The van der Waals surface area contributed by atoms with Crippen molar-refractivity contribution in [2.75, 3.05) is 20.2 Å². The summed E-state index contributed by atoms with van der Waals surface area (Å²) in [5, 5.41) is 1.26. The number of para-hydroxylation sites is 1. The van der Waals surface area contributed by atoms with Crippen LogP contribution in [0.1, 0.15) is 31.0 Å². The van der Waals surface area contributed by atoms with E-state index in [0.717, 1.165) is 43.6 Å². The van der Waals surface area contributed by atoms with E-state index in [1.54, 1.807) is 0 Å². The van der Waals surface area contributed by atoms with Gasteiger partial charge in [0.05, 0.1) is 13.2 Å². The van der Waals surface area contributed by atoms with E-state index in [-0.39, 0.29) is 24.4 Å². The minimum Gasteiger partial charge on any atom is -0.468 e. The van der Waals surface area contributed by atoms with Crippen LogP contribution in [0.4, 0.5) is 0 Å². The van der Waals surface area contributed by atoms with Crippen molar-refractivity contribution < 1.29 is 9.53 Å². The second-order valence-electron chi connectivity index (χ2n) is 7.69. The molecule has 4 aliphatic rings. The van der Waals surface area contributed by atoms with Crippen LogP contribution >= 0.6 is 12.4 Å². The third-order valence-electron chi connectivity index (χ3n) is 6.55. The van der Waals surface area contributed by atoms with Gasteiger partial charge in [-0.1, -0.05) is 36.8 Å². The number of aromatic nitrogens is 1. The van der Waals surface area contributed by atoms with E-state index in [0.29, 0.717) is 5.92 Å². The number of benzene rings is 1. The number of hydrogen-bond donors (Lipinski definition) is 1. The van der Waals surface area contributed by atoms with Crippen LogP contribution in [0.3, 0.4) is 0 Å². The lowest BCUT2D eigenvalue weighted by Gasteiger charge is -2.53. The summed E-state index contributed by atoms with van der Waals surface area (Å²) in [6.45, 7) is 4.28. The molecule has 1 aromatic carbocycles. The van der Waals surface area contributed by atoms with Crippen LogP contribution in [0.5, 0.6) is 0 Å². The number of nitrogens with zero attached hydrogens (tertiary/aromatic N) is 1. The number of halogens is 1. The zero-order valence-electron chi connectivity index (χ0n) is 15.2. The Balaban J connectivity index is 0.00000168. The van der Waals surface area contributed by atoms with E-state index in [1.165, 1.54) is 23.6 Å². The topological polar surface area (TPSA) is 45.3 Å². The summed E-state index contributed by atoms with van der Waals surface area (Å²) in [5.41, 5.74) is 4.36. The first-order valence-electron chi connectivity index (χ1n) is 9.32. The Morgan fingerprint density at radius 2 is 2.19 bits per heavy atom. The normalized spacial score (nSPS) is 31.6. The third-order valence-corrected chi connectivity index (χ3v) is 6.55. The van der Waals surface area contributed by atoms with Crippen molar-refractivity contribution in [3.63, 3.8) is 0 Å². The van der Waals surface area contributed by atoms with Gasteiger partial charge in [-0.25, -0.2) is 0 Å². The summed E-state index contributed by atoms with van der Waals surface area (Å²) < 4.78 is 5.41. The molecule has 0 amide bonds. The summed E-state index contributed by atoms with van der Waals surface area (Å²) in [7, 11) is 1.53.